The number of amides is 1. The van der Waals surface area contributed by atoms with E-state index in [9.17, 15) is 14.9 Å². The molecule has 0 spiro atoms. The minimum Gasteiger partial charge on any atom is -0.493 e. The van der Waals surface area contributed by atoms with Crippen LogP contribution in [0.5, 0.6) is 11.5 Å². The molecule has 7 nitrogen and oxygen atoms in total. The number of methoxy groups -OCH3 is 1. The molecule has 0 fully saturated rings. The van der Waals surface area contributed by atoms with Crippen LogP contribution in [0.4, 0.5) is 11.4 Å². The van der Waals surface area contributed by atoms with Gasteiger partial charge in [-0.15, -0.1) is 0 Å². The fraction of sp³-hybridized carbons (Fsp3) is 0.250. The zero-order valence-electron chi connectivity index (χ0n) is 15.2. The van der Waals surface area contributed by atoms with Crippen LogP contribution in [-0.4, -0.2) is 31.1 Å². The van der Waals surface area contributed by atoms with Crippen LogP contribution in [0.1, 0.15) is 18.1 Å². The first-order valence-electron chi connectivity index (χ1n) is 8.54. The van der Waals surface area contributed by atoms with Gasteiger partial charge in [-0.2, -0.15) is 0 Å². The van der Waals surface area contributed by atoms with E-state index in [1.807, 2.05) is 31.2 Å². The zero-order valence-corrected chi connectivity index (χ0v) is 15.2. The number of nitro benzene ring substituents is 1. The number of hydrogen-bond donors (Lipinski definition) is 0. The van der Waals surface area contributed by atoms with Crippen molar-refractivity contribution < 1.29 is 19.2 Å². The molecule has 1 aliphatic heterocycles. The lowest BCUT2D eigenvalue weighted by Crippen LogP contribution is -2.33. The van der Waals surface area contributed by atoms with Gasteiger partial charge in [-0.3, -0.25) is 14.9 Å². The molecule has 0 aliphatic carbocycles. The molecule has 7 heteroatoms. The molecule has 0 radical (unpaired) electrons. The summed E-state index contributed by atoms with van der Waals surface area (Å²) in [6, 6.07) is 10.0. The predicted molar refractivity (Wildman–Crippen MR) is 102 cm³/mol. The molecular formula is C20H20N2O5. The van der Waals surface area contributed by atoms with E-state index in [1.54, 1.807) is 24.1 Å². The molecule has 1 heterocycles. The van der Waals surface area contributed by atoms with Gasteiger partial charge >= 0.3 is 0 Å². The monoisotopic (exact) mass is 368 g/mol. The topological polar surface area (TPSA) is 81.9 Å². The van der Waals surface area contributed by atoms with E-state index in [0.717, 1.165) is 11.1 Å². The lowest BCUT2D eigenvalue weighted by atomic mass is 10.1. The first kappa shape index (κ1) is 18.4. The highest BCUT2D eigenvalue weighted by Crippen LogP contribution is 2.32. The van der Waals surface area contributed by atoms with Crippen LogP contribution in [0, 0.1) is 10.1 Å². The Morgan fingerprint density at radius 2 is 2.07 bits per heavy atom. The van der Waals surface area contributed by atoms with Gasteiger partial charge in [0.15, 0.2) is 18.1 Å². The molecule has 1 aliphatic rings. The smallest absolute Gasteiger partial charge is 0.269 e. The molecule has 0 N–H and O–H groups in total. The van der Waals surface area contributed by atoms with E-state index in [2.05, 4.69) is 0 Å². The maximum absolute atomic E-state index is 12.6. The van der Waals surface area contributed by atoms with E-state index in [-0.39, 0.29) is 18.2 Å². The lowest BCUT2D eigenvalue weighted by molar-refractivity contribution is -0.384. The Labute approximate surface area is 157 Å². The van der Waals surface area contributed by atoms with Crippen molar-refractivity contribution in [2.45, 2.75) is 13.3 Å². The molecule has 1 amide bonds. The van der Waals surface area contributed by atoms with E-state index < -0.39 is 4.92 Å². The molecule has 0 aromatic heterocycles. The second-order valence-electron chi connectivity index (χ2n) is 6.06. The Morgan fingerprint density at radius 3 is 2.78 bits per heavy atom. The van der Waals surface area contributed by atoms with Crippen LogP contribution in [0.25, 0.3) is 6.08 Å². The Kier molecular flexibility index (Phi) is 5.40. The van der Waals surface area contributed by atoms with Crippen molar-refractivity contribution in [2.24, 2.45) is 0 Å². The summed E-state index contributed by atoms with van der Waals surface area (Å²) in [6.07, 6.45) is 4.45. The predicted octanol–water partition coefficient (Wildman–Crippen LogP) is 3.60. The van der Waals surface area contributed by atoms with Gasteiger partial charge in [-0.05, 0) is 42.7 Å². The third-order valence-electron chi connectivity index (χ3n) is 4.37. The number of nitro groups is 1. The minimum absolute atomic E-state index is 0.0326. The van der Waals surface area contributed by atoms with Crippen LogP contribution in [0.15, 0.2) is 42.5 Å². The van der Waals surface area contributed by atoms with Crippen molar-refractivity contribution in [3.8, 4) is 11.5 Å². The Balaban J connectivity index is 1.70. The highest BCUT2D eigenvalue weighted by Gasteiger charge is 2.26. The van der Waals surface area contributed by atoms with Gasteiger partial charge in [0, 0.05) is 24.4 Å². The number of fused-ring (bicyclic) bond motifs is 1. The Morgan fingerprint density at radius 1 is 1.26 bits per heavy atom. The van der Waals surface area contributed by atoms with Gasteiger partial charge in [-0.25, -0.2) is 0 Å². The third kappa shape index (κ3) is 3.92. The van der Waals surface area contributed by atoms with Crippen LogP contribution in [0.2, 0.25) is 0 Å². The van der Waals surface area contributed by atoms with Crippen LogP contribution >= 0.6 is 0 Å². The van der Waals surface area contributed by atoms with E-state index in [1.165, 1.54) is 12.1 Å². The number of carbonyl (C=O) groups is 1. The average Bonchev–Trinajstić information content (AvgIpc) is 3.10. The van der Waals surface area contributed by atoms with Gasteiger partial charge < -0.3 is 14.4 Å². The molecule has 27 heavy (non-hydrogen) atoms. The summed E-state index contributed by atoms with van der Waals surface area (Å²) in [4.78, 5) is 24.6. The highest BCUT2D eigenvalue weighted by molar-refractivity contribution is 5.96. The molecule has 2 aromatic rings. The molecule has 0 saturated heterocycles. The Hall–Kier alpha value is -3.35. The van der Waals surface area contributed by atoms with E-state index in [4.69, 9.17) is 9.47 Å². The molecule has 2 aromatic carbocycles. The maximum atomic E-state index is 12.6. The van der Waals surface area contributed by atoms with Gasteiger partial charge in [0.1, 0.15) is 0 Å². The van der Waals surface area contributed by atoms with E-state index >= 15 is 0 Å². The number of allylic oxidation sites excluding steroid dienone is 1. The highest BCUT2D eigenvalue weighted by atomic mass is 16.6. The van der Waals surface area contributed by atoms with Crippen molar-refractivity contribution in [3.63, 3.8) is 0 Å². The third-order valence-corrected chi connectivity index (χ3v) is 4.37. The van der Waals surface area contributed by atoms with Crippen molar-refractivity contribution in [1.29, 1.82) is 0 Å². The van der Waals surface area contributed by atoms with Gasteiger partial charge in [0.2, 0.25) is 0 Å². The van der Waals surface area contributed by atoms with Crippen LogP contribution in [0.3, 0.4) is 0 Å². The standard InChI is InChI=1S/C20H20N2O5/c1-3-4-14-5-8-18(19(11-14)26-2)27-13-20(23)21-10-9-15-12-16(22(24)25)6-7-17(15)21/h3-8,11-12H,9-10,13H2,1-2H3/b4-3+. The largest absolute Gasteiger partial charge is 0.493 e. The fourth-order valence-electron chi connectivity index (χ4n) is 3.08. The average molecular weight is 368 g/mol. The van der Waals surface area contributed by atoms with Gasteiger partial charge in [-0.1, -0.05) is 18.2 Å². The van der Waals surface area contributed by atoms with Crippen molar-refractivity contribution >= 4 is 23.4 Å². The first-order valence-corrected chi connectivity index (χ1v) is 8.54. The second kappa shape index (κ2) is 7.90. The number of carbonyl (C=O) groups excluding carboxylic acids is 1. The summed E-state index contributed by atoms with van der Waals surface area (Å²) in [5.74, 6) is 0.834. The second-order valence-corrected chi connectivity index (χ2v) is 6.06. The summed E-state index contributed by atoms with van der Waals surface area (Å²) in [5, 5.41) is 10.9. The molecule has 3 rings (SSSR count). The maximum Gasteiger partial charge on any atom is 0.269 e. The number of ether oxygens (including phenoxy) is 2. The summed E-state index contributed by atoms with van der Waals surface area (Å²) >= 11 is 0. The normalized spacial score (nSPS) is 12.9. The molecule has 0 unspecified atom stereocenters. The Bertz CT molecular complexity index is 907. The summed E-state index contributed by atoms with van der Waals surface area (Å²) in [6.45, 7) is 2.27. The molecule has 0 bridgehead atoms. The van der Waals surface area contributed by atoms with Gasteiger partial charge in [0.25, 0.3) is 11.6 Å². The van der Waals surface area contributed by atoms with Crippen LogP contribution in [-0.2, 0) is 11.2 Å². The van der Waals surface area contributed by atoms with Crippen LogP contribution < -0.4 is 14.4 Å². The fourth-order valence-corrected chi connectivity index (χ4v) is 3.08. The molecule has 0 atom stereocenters. The van der Waals surface area contributed by atoms with Gasteiger partial charge in [0.05, 0.1) is 12.0 Å². The molecular weight excluding hydrogens is 348 g/mol. The number of hydrogen-bond acceptors (Lipinski definition) is 5. The summed E-state index contributed by atoms with van der Waals surface area (Å²) in [5.41, 5.74) is 2.50. The number of nitrogens with zero attached hydrogens (tertiary/aromatic N) is 2. The minimum atomic E-state index is -0.433. The quantitative estimate of drug-likeness (QED) is 0.575. The number of rotatable bonds is 6. The van der Waals surface area contributed by atoms with Crippen molar-refractivity contribution in [3.05, 3.63) is 63.7 Å². The summed E-state index contributed by atoms with van der Waals surface area (Å²) < 4.78 is 11.0. The molecule has 140 valence electrons. The number of benzene rings is 2. The SMILES string of the molecule is C/C=C/c1ccc(OCC(=O)N2CCc3cc([N+](=O)[O-])ccc32)c(OC)c1. The van der Waals surface area contributed by atoms with Crippen molar-refractivity contribution in [2.75, 3.05) is 25.2 Å². The number of anilines is 1. The summed E-state index contributed by atoms with van der Waals surface area (Å²) in [7, 11) is 1.55. The van der Waals surface area contributed by atoms with E-state index in [0.29, 0.717) is 30.2 Å². The zero-order chi connectivity index (χ0) is 19.4. The lowest BCUT2D eigenvalue weighted by Gasteiger charge is -2.18. The first-order chi connectivity index (χ1) is 13.0. The number of non-ortho nitro benzene ring substituents is 1. The van der Waals surface area contributed by atoms with Crippen molar-refractivity contribution in [1.82, 2.24) is 0 Å². The molecule has 0 saturated carbocycles.